The lowest BCUT2D eigenvalue weighted by molar-refractivity contribution is 0.623. The molecular weight excluding hydrogens is 316 g/mol. The van der Waals surface area contributed by atoms with E-state index >= 15 is 0 Å². The lowest BCUT2D eigenvalue weighted by Crippen LogP contribution is -2.09. The van der Waals surface area contributed by atoms with Crippen molar-refractivity contribution in [2.45, 2.75) is 129 Å². The van der Waals surface area contributed by atoms with E-state index in [9.17, 15) is 0 Å². The van der Waals surface area contributed by atoms with Gasteiger partial charge in [0.15, 0.2) is 0 Å². The van der Waals surface area contributed by atoms with E-state index in [0.717, 1.165) is 0 Å². The Kier molecular flexibility index (Phi) is 21.5. The summed E-state index contributed by atoms with van der Waals surface area (Å²) >= 11 is 0. The molecule has 0 aromatic carbocycles. The van der Waals surface area contributed by atoms with Gasteiger partial charge in [0, 0.05) is 8.80 Å². The van der Waals surface area contributed by atoms with Crippen molar-refractivity contribution in [3.63, 3.8) is 0 Å². The van der Waals surface area contributed by atoms with Crippen LogP contribution in [0.3, 0.4) is 0 Å². The molecule has 1 heteroatoms. The molecule has 0 bridgehead atoms. The van der Waals surface area contributed by atoms with E-state index in [0.29, 0.717) is 0 Å². The molecule has 0 aromatic rings. The van der Waals surface area contributed by atoms with Crippen molar-refractivity contribution in [2.75, 3.05) is 0 Å². The van der Waals surface area contributed by atoms with Crippen LogP contribution in [0.4, 0.5) is 0 Å². The second-order valence-electron chi connectivity index (χ2n) is 7.83. The molecular formula is C24H48Si. The molecule has 25 heavy (non-hydrogen) atoms. The van der Waals surface area contributed by atoms with Crippen LogP contribution in [-0.4, -0.2) is 8.80 Å². The minimum atomic E-state index is -0.584. The van der Waals surface area contributed by atoms with Crippen LogP contribution in [0.5, 0.6) is 0 Å². The fourth-order valence-electron chi connectivity index (χ4n) is 3.38. The van der Waals surface area contributed by atoms with Crippen LogP contribution in [0.25, 0.3) is 0 Å². The van der Waals surface area contributed by atoms with Crippen LogP contribution in [-0.2, 0) is 0 Å². The molecule has 148 valence electrons. The zero-order valence-corrected chi connectivity index (χ0v) is 19.1. The summed E-state index contributed by atoms with van der Waals surface area (Å²) in [5.41, 5.74) is 0. The first-order chi connectivity index (χ1) is 12.3. The highest BCUT2D eigenvalue weighted by Crippen LogP contribution is 2.15. The van der Waals surface area contributed by atoms with E-state index in [4.69, 9.17) is 0 Å². The number of allylic oxidation sites excluding steroid dienone is 4. The maximum Gasteiger partial charge on any atom is 0.0443 e. The second kappa shape index (κ2) is 21.7. The standard InChI is InChI=1S/C24H48Si/c1-4-7-10-13-16-19-22-25(23-20-17-14-11-8-5-2)24-21-18-15-12-9-6-3/h16-17,19-20,25H,4-15,18,21-24H2,1-3H3. The highest BCUT2D eigenvalue weighted by Gasteiger charge is 2.07. The zero-order valence-electron chi connectivity index (χ0n) is 17.9. The monoisotopic (exact) mass is 364 g/mol. The van der Waals surface area contributed by atoms with Crippen LogP contribution >= 0.6 is 0 Å². The lowest BCUT2D eigenvalue weighted by atomic mass is 10.1. The molecule has 0 aromatic heterocycles. The molecule has 0 atom stereocenters. The van der Waals surface area contributed by atoms with Crippen molar-refractivity contribution in [2.24, 2.45) is 0 Å². The number of hydrogen-bond acceptors (Lipinski definition) is 0. The zero-order chi connectivity index (χ0) is 18.4. The van der Waals surface area contributed by atoms with Gasteiger partial charge in [-0.25, -0.2) is 0 Å². The van der Waals surface area contributed by atoms with Gasteiger partial charge in [-0.2, -0.15) is 0 Å². The first kappa shape index (κ1) is 24.7. The SMILES string of the molecule is CCCCCC=CC[SiH](CC=CCCCCC)CCCCCCCC. The lowest BCUT2D eigenvalue weighted by Gasteiger charge is -2.11. The Balaban J connectivity index is 3.99. The Morgan fingerprint density at radius 3 is 1.44 bits per heavy atom. The van der Waals surface area contributed by atoms with Crippen LogP contribution in [0, 0.1) is 0 Å². The van der Waals surface area contributed by atoms with Gasteiger partial charge in [-0.3, -0.25) is 0 Å². The molecule has 0 N–H and O–H groups in total. The van der Waals surface area contributed by atoms with Crippen molar-refractivity contribution in [3.05, 3.63) is 24.3 Å². The van der Waals surface area contributed by atoms with Crippen molar-refractivity contribution < 1.29 is 0 Å². The summed E-state index contributed by atoms with van der Waals surface area (Å²) in [5, 5.41) is 0. The van der Waals surface area contributed by atoms with Gasteiger partial charge >= 0.3 is 0 Å². The fraction of sp³-hybridized carbons (Fsp3) is 0.833. The Morgan fingerprint density at radius 1 is 0.480 bits per heavy atom. The smallest absolute Gasteiger partial charge is 0.0443 e. The third-order valence-electron chi connectivity index (χ3n) is 5.19. The highest BCUT2D eigenvalue weighted by molar-refractivity contribution is 6.59. The van der Waals surface area contributed by atoms with Crippen molar-refractivity contribution in [1.82, 2.24) is 0 Å². The molecule has 0 amide bonds. The minimum absolute atomic E-state index is 0.584. The van der Waals surface area contributed by atoms with E-state index in [-0.39, 0.29) is 0 Å². The quantitative estimate of drug-likeness (QED) is 0.122. The first-order valence-electron chi connectivity index (χ1n) is 11.6. The largest absolute Gasteiger partial charge is 0.0914 e. The molecule has 0 unspecified atom stereocenters. The average molecular weight is 365 g/mol. The Bertz CT molecular complexity index is 270. The molecule has 0 aliphatic heterocycles. The molecule has 0 aliphatic carbocycles. The van der Waals surface area contributed by atoms with E-state index in [1.807, 2.05) is 0 Å². The fourth-order valence-corrected chi connectivity index (χ4v) is 6.07. The summed E-state index contributed by atoms with van der Waals surface area (Å²) in [4.78, 5) is 0. The van der Waals surface area contributed by atoms with Gasteiger partial charge in [-0.05, 0) is 37.8 Å². The summed E-state index contributed by atoms with van der Waals surface area (Å²) in [6, 6.07) is 4.42. The molecule has 0 saturated heterocycles. The predicted octanol–water partition coefficient (Wildman–Crippen LogP) is 8.85. The number of unbranched alkanes of at least 4 members (excludes halogenated alkanes) is 11. The van der Waals surface area contributed by atoms with Crippen LogP contribution in [0.15, 0.2) is 24.3 Å². The molecule has 0 heterocycles. The molecule has 0 aliphatic rings. The summed E-state index contributed by atoms with van der Waals surface area (Å²) < 4.78 is 0. The Labute approximate surface area is 162 Å². The van der Waals surface area contributed by atoms with E-state index in [1.54, 1.807) is 6.04 Å². The Hall–Kier alpha value is -0.303. The van der Waals surface area contributed by atoms with Crippen molar-refractivity contribution in [1.29, 1.82) is 0 Å². The molecule has 0 radical (unpaired) electrons. The summed E-state index contributed by atoms with van der Waals surface area (Å²) in [6.07, 6.45) is 29.5. The van der Waals surface area contributed by atoms with Gasteiger partial charge in [-0.1, -0.05) is 115 Å². The van der Waals surface area contributed by atoms with Gasteiger partial charge < -0.3 is 0 Å². The molecule has 0 saturated carbocycles. The maximum absolute atomic E-state index is 2.54. The van der Waals surface area contributed by atoms with Gasteiger partial charge in [0.05, 0.1) is 0 Å². The molecule has 0 rings (SSSR count). The minimum Gasteiger partial charge on any atom is -0.0914 e. The molecule has 0 fully saturated rings. The highest BCUT2D eigenvalue weighted by atomic mass is 28.3. The average Bonchev–Trinajstić information content (AvgIpc) is 2.63. The van der Waals surface area contributed by atoms with E-state index < -0.39 is 8.80 Å². The number of rotatable bonds is 19. The number of hydrogen-bond donors (Lipinski definition) is 0. The topological polar surface area (TPSA) is 0 Å². The van der Waals surface area contributed by atoms with Gasteiger partial charge in [0.1, 0.15) is 0 Å². The van der Waals surface area contributed by atoms with Gasteiger partial charge in [0.2, 0.25) is 0 Å². The molecule has 0 spiro atoms. The predicted molar refractivity (Wildman–Crippen MR) is 122 cm³/mol. The normalized spacial score (nSPS) is 13.2. The van der Waals surface area contributed by atoms with Crippen molar-refractivity contribution >= 4 is 8.80 Å². The third kappa shape index (κ3) is 19.9. The van der Waals surface area contributed by atoms with Crippen LogP contribution in [0.2, 0.25) is 18.1 Å². The van der Waals surface area contributed by atoms with Crippen LogP contribution < -0.4 is 0 Å². The molecule has 0 nitrogen and oxygen atoms in total. The van der Waals surface area contributed by atoms with E-state index in [1.165, 1.54) is 102 Å². The van der Waals surface area contributed by atoms with Gasteiger partial charge in [-0.15, -0.1) is 0 Å². The third-order valence-corrected chi connectivity index (χ3v) is 8.29. The Morgan fingerprint density at radius 2 is 0.920 bits per heavy atom. The van der Waals surface area contributed by atoms with Gasteiger partial charge in [0.25, 0.3) is 0 Å². The summed E-state index contributed by atoms with van der Waals surface area (Å²) in [7, 11) is -0.584. The maximum atomic E-state index is 2.54. The van der Waals surface area contributed by atoms with E-state index in [2.05, 4.69) is 45.1 Å². The van der Waals surface area contributed by atoms with Crippen LogP contribution in [0.1, 0.15) is 111 Å². The summed E-state index contributed by atoms with van der Waals surface area (Å²) in [5.74, 6) is 0. The van der Waals surface area contributed by atoms with Crippen molar-refractivity contribution in [3.8, 4) is 0 Å². The first-order valence-corrected chi connectivity index (χ1v) is 14.1. The summed E-state index contributed by atoms with van der Waals surface area (Å²) in [6.45, 7) is 6.89. The second-order valence-corrected chi connectivity index (χ2v) is 11.1.